The molecule has 0 N–H and O–H groups in total. The minimum atomic E-state index is -0.506. The van der Waals surface area contributed by atoms with Crippen LogP contribution >= 0.6 is 0 Å². The highest BCUT2D eigenvalue weighted by Crippen LogP contribution is 2.24. The first-order valence-electron chi connectivity index (χ1n) is 5.09. The van der Waals surface area contributed by atoms with E-state index in [1.807, 2.05) is 30.3 Å². The Labute approximate surface area is 97.8 Å². The molecule has 0 fully saturated rings. The largest absolute Gasteiger partial charge is 0.486 e. The summed E-state index contributed by atoms with van der Waals surface area (Å²) in [5.74, 6) is -0.473. The van der Waals surface area contributed by atoms with Gasteiger partial charge in [-0.2, -0.15) is 0 Å². The zero-order valence-corrected chi connectivity index (χ0v) is 8.97. The standard InChI is InChI=1S/C13H10FNO2/c14-12-7-6-11(15-16)8-13(12)17-9-10-4-2-1-3-5-10/h1-8H,9H2. The number of nitrogens with zero attached hydrogens (tertiary/aromatic N) is 1. The van der Waals surface area contributed by atoms with Crippen LogP contribution in [0.5, 0.6) is 5.75 Å². The van der Waals surface area contributed by atoms with Crippen LogP contribution in [0.25, 0.3) is 0 Å². The van der Waals surface area contributed by atoms with Crippen LogP contribution in [0.15, 0.2) is 53.7 Å². The van der Waals surface area contributed by atoms with Crippen LogP contribution in [0.1, 0.15) is 5.56 Å². The minimum absolute atomic E-state index is 0.0333. The molecule has 3 nitrogen and oxygen atoms in total. The van der Waals surface area contributed by atoms with Gasteiger partial charge in [-0.25, -0.2) is 4.39 Å². The van der Waals surface area contributed by atoms with Crippen molar-refractivity contribution in [3.05, 3.63) is 64.8 Å². The Morgan fingerprint density at radius 2 is 1.88 bits per heavy atom. The van der Waals surface area contributed by atoms with Crippen molar-refractivity contribution in [3.8, 4) is 5.75 Å². The molecule has 0 unspecified atom stereocenters. The van der Waals surface area contributed by atoms with Gasteiger partial charge in [-0.05, 0) is 22.9 Å². The Kier molecular flexibility index (Phi) is 3.45. The Balaban J connectivity index is 2.11. The molecule has 0 aliphatic heterocycles. The van der Waals surface area contributed by atoms with Crippen LogP contribution in [0, 0.1) is 10.7 Å². The van der Waals surface area contributed by atoms with Crippen LogP contribution in [0.4, 0.5) is 10.1 Å². The topological polar surface area (TPSA) is 38.7 Å². The fourth-order valence-electron chi connectivity index (χ4n) is 1.39. The van der Waals surface area contributed by atoms with Gasteiger partial charge >= 0.3 is 0 Å². The molecule has 2 rings (SSSR count). The second kappa shape index (κ2) is 5.21. The molecule has 0 saturated heterocycles. The SMILES string of the molecule is O=Nc1ccc(F)c(OCc2ccccc2)c1. The Morgan fingerprint density at radius 1 is 1.12 bits per heavy atom. The second-order valence-electron chi connectivity index (χ2n) is 3.48. The van der Waals surface area contributed by atoms with Crippen molar-refractivity contribution < 1.29 is 9.13 Å². The zero-order chi connectivity index (χ0) is 12.1. The summed E-state index contributed by atoms with van der Waals surface area (Å²) in [5, 5.41) is 2.73. The predicted molar refractivity (Wildman–Crippen MR) is 62.6 cm³/mol. The molecule has 2 aromatic carbocycles. The molecule has 0 atom stereocenters. The lowest BCUT2D eigenvalue weighted by Gasteiger charge is -2.07. The molecule has 0 spiro atoms. The molecule has 0 radical (unpaired) electrons. The molecule has 0 amide bonds. The van der Waals surface area contributed by atoms with Crippen molar-refractivity contribution in [2.24, 2.45) is 5.18 Å². The molecule has 86 valence electrons. The predicted octanol–water partition coefficient (Wildman–Crippen LogP) is 3.80. The summed E-state index contributed by atoms with van der Waals surface area (Å²) in [4.78, 5) is 10.3. The van der Waals surface area contributed by atoms with Crippen molar-refractivity contribution in [2.45, 2.75) is 6.61 Å². The van der Waals surface area contributed by atoms with Gasteiger partial charge in [0.25, 0.3) is 0 Å². The van der Waals surface area contributed by atoms with Gasteiger partial charge in [-0.1, -0.05) is 30.3 Å². The van der Waals surface area contributed by atoms with E-state index >= 15 is 0 Å². The first kappa shape index (κ1) is 11.3. The molecule has 2 aromatic rings. The average Bonchev–Trinajstić information content (AvgIpc) is 2.39. The average molecular weight is 231 g/mol. The van der Waals surface area contributed by atoms with Crippen molar-refractivity contribution >= 4 is 5.69 Å². The summed E-state index contributed by atoms with van der Waals surface area (Å²) < 4.78 is 18.6. The maximum Gasteiger partial charge on any atom is 0.165 e. The monoisotopic (exact) mass is 231 g/mol. The van der Waals surface area contributed by atoms with E-state index in [1.165, 1.54) is 12.1 Å². The first-order chi connectivity index (χ1) is 8.29. The molecule has 0 aliphatic rings. The summed E-state index contributed by atoms with van der Waals surface area (Å²) in [7, 11) is 0. The molecular weight excluding hydrogens is 221 g/mol. The van der Waals surface area contributed by atoms with Crippen LogP contribution < -0.4 is 4.74 Å². The number of hydrogen-bond acceptors (Lipinski definition) is 3. The molecular formula is C13H10FNO2. The molecule has 0 bridgehead atoms. The lowest BCUT2D eigenvalue weighted by molar-refractivity contribution is 0.290. The molecule has 4 heteroatoms. The van der Waals surface area contributed by atoms with Gasteiger partial charge in [0.15, 0.2) is 11.6 Å². The van der Waals surface area contributed by atoms with E-state index in [-0.39, 0.29) is 18.0 Å². The van der Waals surface area contributed by atoms with E-state index in [0.29, 0.717) is 0 Å². The summed E-state index contributed by atoms with van der Waals surface area (Å²) in [6.45, 7) is 0.250. The van der Waals surface area contributed by atoms with E-state index in [0.717, 1.165) is 11.6 Å². The third-order valence-electron chi connectivity index (χ3n) is 2.26. The van der Waals surface area contributed by atoms with Crippen molar-refractivity contribution in [3.63, 3.8) is 0 Å². The number of nitroso groups, excluding NO2 is 1. The van der Waals surface area contributed by atoms with E-state index in [4.69, 9.17) is 4.74 Å². The van der Waals surface area contributed by atoms with Crippen LogP contribution in [0.3, 0.4) is 0 Å². The van der Waals surface area contributed by atoms with Crippen LogP contribution in [-0.4, -0.2) is 0 Å². The second-order valence-corrected chi connectivity index (χ2v) is 3.48. The third-order valence-corrected chi connectivity index (χ3v) is 2.26. The third kappa shape index (κ3) is 2.87. The normalized spacial score (nSPS) is 9.94. The van der Waals surface area contributed by atoms with E-state index < -0.39 is 5.82 Å². The molecule has 0 aromatic heterocycles. The van der Waals surface area contributed by atoms with Gasteiger partial charge in [0.2, 0.25) is 0 Å². The highest BCUT2D eigenvalue weighted by molar-refractivity contribution is 5.43. The van der Waals surface area contributed by atoms with Gasteiger partial charge in [0.05, 0.1) is 0 Å². The fraction of sp³-hybridized carbons (Fsp3) is 0.0769. The summed E-state index contributed by atoms with van der Waals surface area (Å²) in [5.41, 5.74) is 1.07. The number of benzene rings is 2. The lowest BCUT2D eigenvalue weighted by Crippen LogP contribution is -1.96. The van der Waals surface area contributed by atoms with E-state index in [2.05, 4.69) is 5.18 Å². The highest BCUT2D eigenvalue weighted by Gasteiger charge is 2.05. The van der Waals surface area contributed by atoms with Gasteiger partial charge in [-0.3, -0.25) is 0 Å². The van der Waals surface area contributed by atoms with Gasteiger partial charge in [-0.15, -0.1) is 4.91 Å². The maximum absolute atomic E-state index is 13.3. The minimum Gasteiger partial charge on any atom is -0.486 e. The van der Waals surface area contributed by atoms with Crippen molar-refractivity contribution in [1.82, 2.24) is 0 Å². The van der Waals surface area contributed by atoms with Crippen molar-refractivity contribution in [2.75, 3.05) is 0 Å². The molecule has 0 heterocycles. The van der Waals surface area contributed by atoms with E-state index in [9.17, 15) is 9.30 Å². The van der Waals surface area contributed by atoms with Gasteiger partial charge < -0.3 is 4.74 Å². The van der Waals surface area contributed by atoms with Gasteiger partial charge in [0.1, 0.15) is 12.3 Å². The Morgan fingerprint density at radius 3 is 2.59 bits per heavy atom. The summed E-state index contributed by atoms with van der Waals surface area (Å²) in [6, 6.07) is 13.1. The van der Waals surface area contributed by atoms with Crippen LogP contribution in [-0.2, 0) is 6.61 Å². The van der Waals surface area contributed by atoms with E-state index in [1.54, 1.807) is 0 Å². The van der Waals surface area contributed by atoms with Crippen molar-refractivity contribution in [1.29, 1.82) is 0 Å². The summed E-state index contributed by atoms with van der Waals surface area (Å²) in [6.07, 6.45) is 0. The maximum atomic E-state index is 13.3. The quantitative estimate of drug-likeness (QED) is 0.750. The number of hydrogen-bond donors (Lipinski definition) is 0. The fourth-order valence-corrected chi connectivity index (χ4v) is 1.39. The smallest absolute Gasteiger partial charge is 0.165 e. The summed E-state index contributed by atoms with van der Waals surface area (Å²) >= 11 is 0. The first-order valence-corrected chi connectivity index (χ1v) is 5.09. The number of ether oxygens (including phenoxy) is 1. The molecule has 17 heavy (non-hydrogen) atoms. The zero-order valence-electron chi connectivity index (χ0n) is 8.97. The number of halogens is 1. The van der Waals surface area contributed by atoms with Crippen LogP contribution in [0.2, 0.25) is 0 Å². The Bertz CT molecular complexity index is 514. The van der Waals surface area contributed by atoms with Gasteiger partial charge in [0, 0.05) is 6.07 Å². The molecule has 0 saturated carbocycles. The Hall–Kier alpha value is -2.23. The number of rotatable bonds is 4. The lowest BCUT2D eigenvalue weighted by atomic mass is 10.2. The highest BCUT2D eigenvalue weighted by atomic mass is 19.1. The molecule has 0 aliphatic carbocycles.